The lowest BCUT2D eigenvalue weighted by Gasteiger charge is -2.36. The van der Waals surface area contributed by atoms with Crippen molar-refractivity contribution in [3.8, 4) is 0 Å². The van der Waals surface area contributed by atoms with Gasteiger partial charge in [0.2, 0.25) is 0 Å². The van der Waals surface area contributed by atoms with Gasteiger partial charge in [0.15, 0.2) is 0 Å². The second kappa shape index (κ2) is 8.07. The first-order valence-electron chi connectivity index (χ1n) is 10.1. The largest absolute Gasteiger partial charge is 0.371 e. The predicted octanol–water partition coefficient (Wildman–Crippen LogP) is 4.54. The molecule has 0 aliphatic carbocycles. The highest BCUT2D eigenvalue weighted by Crippen LogP contribution is 2.27. The number of hydrogen-bond donors (Lipinski definition) is 2. The van der Waals surface area contributed by atoms with E-state index in [-0.39, 0.29) is 11.5 Å². The van der Waals surface area contributed by atoms with E-state index in [4.69, 9.17) is 0 Å². The molecule has 4 rings (SSSR count). The number of nitrogens with zero attached hydrogens (tertiary/aromatic N) is 2. The van der Waals surface area contributed by atoms with Gasteiger partial charge in [0.25, 0.3) is 5.91 Å². The fourth-order valence-corrected chi connectivity index (χ4v) is 4.12. The molecule has 7 heteroatoms. The minimum atomic E-state index is -0.437. The van der Waals surface area contributed by atoms with Crippen LogP contribution >= 0.6 is 0 Å². The van der Waals surface area contributed by atoms with E-state index >= 15 is 0 Å². The van der Waals surface area contributed by atoms with Crippen molar-refractivity contribution in [2.75, 3.05) is 37.4 Å². The number of rotatable bonds is 4. The number of hydrogen-bond acceptors (Lipinski definition) is 3. The molecule has 0 spiro atoms. The van der Waals surface area contributed by atoms with Crippen molar-refractivity contribution in [2.24, 2.45) is 0 Å². The van der Waals surface area contributed by atoms with E-state index in [9.17, 15) is 13.6 Å². The molecule has 0 saturated carbocycles. The second-order valence-electron chi connectivity index (χ2n) is 8.17. The van der Waals surface area contributed by atoms with Crippen LogP contribution in [0.25, 0.3) is 10.9 Å². The van der Waals surface area contributed by atoms with E-state index in [0.29, 0.717) is 22.6 Å². The van der Waals surface area contributed by atoms with Gasteiger partial charge in [0.05, 0.1) is 5.52 Å². The Morgan fingerprint density at radius 1 is 1.13 bits per heavy atom. The van der Waals surface area contributed by atoms with Crippen LogP contribution in [0.15, 0.2) is 36.4 Å². The number of nitrogens with one attached hydrogen (secondary N) is 2. The van der Waals surface area contributed by atoms with Crippen LogP contribution in [0.1, 0.15) is 28.9 Å². The molecule has 1 aromatic heterocycles. The van der Waals surface area contributed by atoms with Crippen LogP contribution in [0.3, 0.4) is 0 Å². The minimum absolute atomic E-state index is 0.232. The Balaban J connectivity index is 1.53. The number of H-pyrrole nitrogens is 1. The molecule has 1 aliphatic rings. The van der Waals surface area contributed by atoms with Crippen LogP contribution in [-0.2, 0) is 0 Å². The number of carbonyl (C=O) groups excluding carboxylic acids is 1. The van der Waals surface area contributed by atoms with Crippen molar-refractivity contribution in [1.82, 2.24) is 9.88 Å². The maximum Gasteiger partial charge on any atom is 0.272 e. The molecule has 1 fully saturated rings. The smallest absolute Gasteiger partial charge is 0.272 e. The maximum atomic E-state index is 14.3. The van der Waals surface area contributed by atoms with Crippen LogP contribution < -0.4 is 10.2 Å². The van der Waals surface area contributed by atoms with Crippen LogP contribution in [0, 0.1) is 18.6 Å². The number of benzene rings is 2. The molecule has 158 valence electrons. The Morgan fingerprint density at radius 2 is 1.87 bits per heavy atom. The zero-order valence-corrected chi connectivity index (χ0v) is 17.4. The molecule has 30 heavy (non-hydrogen) atoms. The number of aryl methyl sites for hydroxylation is 1. The van der Waals surface area contributed by atoms with Gasteiger partial charge in [-0.2, -0.15) is 0 Å². The minimum Gasteiger partial charge on any atom is -0.371 e. The van der Waals surface area contributed by atoms with Gasteiger partial charge in [-0.25, -0.2) is 8.78 Å². The third kappa shape index (κ3) is 4.03. The molecule has 2 heterocycles. The molecule has 2 aromatic carbocycles. The lowest BCUT2D eigenvalue weighted by Crippen LogP contribution is -2.42. The van der Waals surface area contributed by atoms with Crippen molar-refractivity contribution < 1.29 is 13.6 Å². The molecule has 5 nitrogen and oxygen atoms in total. The van der Waals surface area contributed by atoms with Gasteiger partial charge >= 0.3 is 0 Å². The molecule has 0 bridgehead atoms. The van der Waals surface area contributed by atoms with Crippen LogP contribution in [0.4, 0.5) is 20.2 Å². The summed E-state index contributed by atoms with van der Waals surface area (Å²) in [5, 5.41) is 3.10. The van der Waals surface area contributed by atoms with Crippen molar-refractivity contribution in [2.45, 2.75) is 25.8 Å². The second-order valence-corrected chi connectivity index (χ2v) is 8.17. The summed E-state index contributed by atoms with van der Waals surface area (Å²) in [7, 11) is 4.15. The summed E-state index contributed by atoms with van der Waals surface area (Å²) >= 11 is 0. The van der Waals surface area contributed by atoms with Gasteiger partial charge in [0, 0.05) is 35.9 Å². The summed E-state index contributed by atoms with van der Waals surface area (Å²) in [4.78, 5) is 20.0. The molecule has 1 amide bonds. The Bertz CT molecular complexity index is 1050. The standard InChI is InChI=1S/C23H26F2N4O/c1-14-4-5-20(25)19-13-21(27-22(14)19)23(30)26-16-10-15(24)11-18(12-16)29-8-6-17(7-9-29)28(2)3/h4-5,10-13,17,27H,6-9H2,1-3H3,(H,26,30). The summed E-state index contributed by atoms with van der Waals surface area (Å²) in [6.07, 6.45) is 2.01. The first-order valence-corrected chi connectivity index (χ1v) is 10.1. The van der Waals surface area contributed by atoms with Gasteiger partial charge in [-0.3, -0.25) is 4.79 Å². The van der Waals surface area contributed by atoms with E-state index in [1.807, 2.05) is 6.92 Å². The molecule has 1 aliphatic heterocycles. The van der Waals surface area contributed by atoms with Crippen LogP contribution in [0.5, 0.6) is 0 Å². The topological polar surface area (TPSA) is 51.4 Å². The molecular weight excluding hydrogens is 386 g/mol. The van der Waals surface area contributed by atoms with Gasteiger partial charge < -0.3 is 20.1 Å². The molecular formula is C23H26F2N4O. The fraction of sp³-hybridized carbons (Fsp3) is 0.348. The molecule has 0 radical (unpaired) electrons. The first kappa shape index (κ1) is 20.3. The maximum absolute atomic E-state index is 14.3. The average molecular weight is 412 g/mol. The SMILES string of the molecule is Cc1ccc(F)c2cc(C(=O)Nc3cc(F)cc(N4CCC(N(C)C)CC4)c3)[nH]c12. The van der Waals surface area contributed by atoms with Crippen molar-refractivity contribution >= 4 is 28.2 Å². The number of fused-ring (bicyclic) bond motifs is 1. The lowest BCUT2D eigenvalue weighted by atomic mass is 10.0. The van der Waals surface area contributed by atoms with E-state index in [1.54, 1.807) is 12.1 Å². The normalized spacial score (nSPS) is 15.2. The number of anilines is 2. The number of amides is 1. The Morgan fingerprint density at radius 3 is 2.53 bits per heavy atom. The Kier molecular flexibility index (Phi) is 5.47. The number of halogens is 2. The number of aromatic amines is 1. The van der Waals surface area contributed by atoms with E-state index in [2.05, 4.69) is 34.2 Å². The summed E-state index contributed by atoms with van der Waals surface area (Å²) < 4.78 is 28.3. The average Bonchev–Trinajstić information content (AvgIpc) is 3.17. The van der Waals surface area contributed by atoms with Gasteiger partial charge in [0.1, 0.15) is 17.3 Å². The molecule has 0 unspecified atom stereocenters. The highest BCUT2D eigenvalue weighted by atomic mass is 19.1. The monoisotopic (exact) mass is 412 g/mol. The quantitative estimate of drug-likeness (QED) is 0.662. The molecule has 2 N–H and O–H groups in total. The zero-order chi connectivity index (χ0) is 21.4. The van der Waals surface area contributed by atoms with E-state index in [1.165, 1.54) is 24.3 Å². The number of piperidine rings is 1. The van der Waals surface area contributed by atoms with Crippen LogP contribution in [-0.4, -0.2) is 49.0 Å². The van der Waals surface area contributed by atoms with Gasteiger partial charge in [-0.1, -0.05) is 6.07 Å². The molecule has 0 atom stereocenters. The third-order valence-electron chi connectivity index (χ3n) is 5.89. The summed E-state index contributed by atoms with van der Waals surface area (Å²) in [5.74, 6) is -1.23. The van der Waals surface area contributed by atoms with E-state index < -0.39 is 11.7 Å². The highest BCUT2D eigenvalue weighted by molar-refractivity contribution is 6.06. The fourth-order valence-electron chi connectivity index (χ4n) is 4.12. The Labute approximate surface area is 174 Å². The lowest BCUT2D eigenvalue weighted by molar-refractivity contribution is 0.102. The molecule has 1 saturated heterocycles. The van der Waals surface area contributed by atoms with Gasteiger partial charge in [-0.15, -0.1) is 0 Å². The van der Waals surface area contributed by atoms with Gasteiger partial charge in [-0.05, 0) is 69.8 Å². The number of aromatic nitrogens is 1. The Hall–Kier alpha value is -2.93. The van der Waals surface area contributed by atoms with E-state index in [0.717, 1.165) is 37.2 Å². The molecule has 3 aromatic rings. The summed E-state index contributed by atoms with van der Waals surface area (Å²) in [5.41, 5.74) is 2.79. The summed E-state index contributed by atoms with van der Waals surface area (Å²) in [6, 6.07) is 9.63. The first-order chi connectivity index (χ1) is 14.3. The van der Waals surface area contributed by atoms with Crippen molar-refractivity contribution in [3.63, 3.8) is 0 Å². The zero-order valence-electron chi connectivity index (χ0n) is 17.4. The highest BCUT2D eigenvalue weighted by Gasteiger charge is 2.22. The van der Waals surface area contributed by atoms with Crippen molar-refractivity contribution in [1.29, 1.82) is 0 Å². The predicted molar refractivity (Wildman–Crippen MR) is 116 cm³/mol. The third-order valence-corrected chi connectivity index (χ3v) is 5.89. The summed E-state index contributed by atoms with van der Waals surface area (Å²) in [6.45, 7) is 3.51. The van der Waals surface area contributed by atoms with Crippen molar-refractivity contribution in [3.05, 3.63) is 59.3 Å². The van der Waals surface area contributed by atoms with Crippen LogP contribution in [0.2, 0.25) is 0 Å². The number of carbonyl (C=O) groups is 1.